The van der Waals surface area contributed by atoms with Crippen molar-refractivity contribution in [2.75, 3.05) is 50.6 Å². The van der Waals surface area contributed by atoms with Crippen molar-refractivity contribution < 1.29 is 14.5 Å². The quantitative estimate of drug-likeness (QED) is 0.643. The van der Waals surface area contributed by atoms with Crippen molar-refractivity contribution in [2.45, 2.75) is 0 Å². The van der Waals surface area contributed by atoms with Crippen LogP contribution in [-0.4, -0.2) is 56.1 Å². The van der Waals surface area contributed by atoms with Crippen LogP contribution >= 0.6 is 0 Å². The number of nitro groups is 1. The Hall–Kier alpha value is -3.29. The Bertz CT molecular complexity index is 830. The molecule has 2 aromatic carbocycles. The van der Waals surface area contributed by atoms with Gasteiger partial charge < -0.3 is 19.9 Å². The van der Waals surface area contributed by atoms with Gasteiger partial charge in [0, 0.05) is 50.5 Å². The first-order valence-electron chi connectivity index (χ1n) is 8.68. The van der Waals surface area contributed by atoms with E-state index in [9.17, 15) is 14.9 Å². The number of methoxy groups -OCH3 is 1. The van der Waals surface area contributed by atoms with E-state index in [4.69, 9.17) is 4.74 Å². The Morgan fingerprint density at radius 3 is 2.33 bits per heavy atom. The van der Waals surface area contributed by atoms with E-state index >= 15 is 0 Å². The Kier molecular flexibility index (Phi) is 5.44. The molecule has 1 aliphatic heterocycles. The van der Waals surface area contributed by atoms with E-state index in [0.717, 1.165) is 11.4 Å². The lowest BCUT2D eigenvalue weighted by Gasteiger charge is -2.36. The van der Waals surface area contributed by atoms with Crippen LogP contribution in [0.5, 0.6) is 5.75 Å². The van der Waals surface area contributed by atoms with Gasteiger partial charge in [-0.05, 0) is 36.4 Å². The predicted octanol–water partition coefficient (Wildman–Crippen LogP) is 2.61. The highest BCUT2D eigenvalue weighted by atomic mass is 16.6. The molecule has 1 saturated heterocycles. The third-order valence-corrected chi connectivity index (χ3v) is 4.72. The molecule has 0 unspecified atom stereocenters. The maximum absolute atomic E-state index is 12.6. The summed E-state index contributed by atoms with van der Waals surface area (Å²) in [4.78, 5) is 27.3. The SMILES string of the molecule is CNc1cc(N2CCN(C(=O)c3ccc(OC)cc3)CC2)ccc1[N+](=O)[O-]. The van der Waals surface area contributed by atoms with E-state index in [1.54, 1.807) is 50.6 Å². The Morgan fingerprint density at radius 1 is 1.11 bits per heavy atom. The molecule has 142 valence electrons. The largest absolute Gasteiger partial charge is 0.497 e. The molecule has 1 heterocycles. The van der Waals surface area contributed by atoms with Gasteiger partial charge in [-0.3, -0.25) is 14.9 Å². The zero-order chi connectivity index (χ0) is 19.4. The molecule has 8 nitrogen and oxygen atoms in total. The highest BCUT2D eigenvalue weighted by Crippen LogP contribution is 2.29. The molecule has 2 aromatic rings. The van der Waals surface area contributed by atoms with Crippen LogP contribution in [-0.2, 0) is 0 Å². The second kappa shape index (κ2) is 7.94. The number of piperazine rings is 1. The minimum atomic E-state index is -0.402. The zero-order valence-corrected chi connectivity index (χ0v) is 15.3. The van der Waals surface area contributed by atoms with E-state index in [1.807, 2.05) is 4.90 Å². The van der Waals surface area contributed by atoms with E-state index in [2.05, 4.69) is 10.2 Å². The summed E-state index contributed by atoms with van der Waals surface area (Å²) < 4.78 is 5.12. The lowest BCUT2D eigenvalue weighted by molar-refractivity contribution is -0.383. The standard InChI is InChI=1S/C19H22N4O4/c1-20-17-13-15(5-8-18(17)23(25)26)21-9-11-22(12-10-21)19(24)14-3-6-16(27-2)7-4-14/h3-8,13,20H,9-12H2,1-2H3. The van der Waals surface area contributed by atoms with Gasteiger partial charge in [0.05, 0.1) is 12.0 Å². The summed E-state index contributed by atoms with van der Waals surface area (Å²) in [5.74, 6) is 0.715. The monoisotopic (exact) mass is 370 g/mol. The predicted molar refractivity (Wildman–Crippen MR) is 104 cm³/mol. The molecule has 0 saturated carbocycles. The van der Waals surface area contributed by atoms with Crippen molar-refractivity contribution in [3.05, 3.63) is 58.1 Å². The molecule has 0 atom stereocenters. The second-order valence-corrected chi connectivity index (χ2v) is 6.22. The zero-order valence-electron chi connectivity index (χ0n) is 15.3. The van der Waals surface area contributed by atoms with Crippen molar-refractivity contribution in [2.24, 2.45) is 0 Å². The summed E-state index contributed by atoms with van der Waals surface area (Å²) in [5.41, 5.74) is 2.07. The van der Waals surface area contributed by atoms with Gasteiger partial charge in [-0.25, -0.2) is 0 Å². The molecular formula is C19H22N4O4. The van der Waals surface area contributed by atoms with Crippen LogP contribution in [0.3, 0.4) is 0 Å². The normalized spacial score (nSPS) is 14.0. The van der Waals surface area contributed by atoms with Crippen LogP contribution in [0.25, 0.3) is 0 Å². The van der Waals surface area contributed by atoms with Gasteiger partial charge in [0.2, 0.25) is 0 Å². The summed E-state index contributed by atoms with van der Waals surface area (Å²) in [6.07, 6.45) is 0. The van der Waals surface area contributed by atoms with Crippen molar-refractivity contribution in [1.29, 1.82) is 0 Å². The third kappa shape index (κ3) is 3.94. The van der Waals surface area contributed by atoms with Crippen molar-refractivity contribution in [3.8, 4) is 5.75 Å². The van der Waals surface area contributed by atoms with Crippen LogP contribution in [0.2, 0.25) is 0 Å². The van der Waals surface area contributed by atoms with Gasteiger partial charge in [-0.15, -0.1) is 0 Å². The van der Waals surface area contributed by atoms with Crippen molar-refractivity contribution in [3.63, 3.8) is 0 Å². The Balaban J connectivity index is 1.66. The van der Waals surface area contributed by atoms with Crippen LogP contribution < -0.4 is 15.0 Å². The third-order valence-electron chi connectivity index (χ3n) is 4.72. The van der Waals surface area contributed by atoms with Gasteiger partial charge in [-0.1, -0.05) is 0 Å². The van der Waals surface area contributed by atoms with Gasteiger partial charge in [0.25, 0.3) is 11.6 Å². The van der Waals surface area contributed by atoms with Crippen LogP contribution in [0.4, 0.5) is 17.1 Å². The van der Waals surface area contributed by atoms with E-state index < -0.39 is 4.92 Å². The fourth-order valence-electron chi connectivity index (χ4n) is 3.16. The first-order chi connectivity index (χ1) is 13.0. The maximum Gasteiger partial charge on any atom is 0.292 e. The summed E-state index contributed by atoms with van der Waals surface area (Å²) >= 11 is 0. The molecule has 0 spiro atoms. The molecule has 1 N–H and O–H groups in total. The smallest absolute Gasteiger partial charge is 0.292 e. The molecule has 3 rings (SSSR count). The molecule has 0 bridgehead atoms. The average Bonchev–Trinajstić information content (AvgIpc) is 2.72. The van der Waals surface area contributed by atoms with Crippen LogP contribution in [0.1, 0.15) is 10.4 Å². The van der Waals surface area contributed by atoms with Crippen LogP contribution in [0.15, 0.2) is 42.5 Å². The lowest BCUT2D eigenvalue weighted by atomic mass is 10.1. The molecular weight excluding hydrogens is 348 g/mol. The number of carbonyl (C=O) groups is 1. The minimum Gasteiger partial charge on any atom is -0.497 e. The highest BCUT2D eigenvalue weighted by molar-refractivity contribution is 5.94. The number of nitrogens with one attached hydrogen (secondary N) is 1. The lowest BCUT2D eigenvalue weighted by Crippen LogP contribution is -2.48. The number of anilines is 2. The van der Waals surface area contributed by atoms with E-state index in [-0.39, 0.29) is 11.6 Å². The van der Waals surface area contributed by atoms with Gasteiger partial charge in [0.1, 0.15) is 11.4 Å². The van der Waals surface area contributed by atoms with Gasteiger partial charge in [-0.2, -0.15) is 0 Å². The van der Waals surface area contributed by atoms with Crippen molar-refractivity contribution in [1.82, 2.24) is 4.90 Å². The summed E-state index contributed by atoms with van der Waals surface area (Å²) in [5, 5.41) is 13.9. The number of hydrogen-bond acceptors (Lipinski definition) is 6. The number of carbonyl (C=O) groups excluding carboxylic acids is 1. The highest BCUT2D eigenvalue weighted by Gasteiger charge is 2.23. The maximum atomic E-state index is 12.6. The number of benzene rings is 2. The van der Waals surface area contributed by atoms with E-state index in [0.29, 0.717) is 37.4 Å². The number of ether oxygens (including phenoxy) is 1. The van der Waals surface area contributed by atoms with E-state index in [1.165, 1.54) is 6.07 Å². The molecule has 0 aromatic heterocycles. The minimum absolute atomic E-state index is 0.00286. The van der Waals surface area contributed by atoms with Gasteiger partial charge >= 0.3 is 0 Å². The first-order valence-corrected chi connectivity index (χ1v) is 8.68. The summed E-state index contributed by atoms with van der Waals surface area (Å²) in [7, 11) is 3.26. The number of hydrogen-bond donors (Lipinski definition) is 1. The Labute approximate surface area is 157 Å². The Morgan fingerprint density at radius 2 is 1.78 bits per heavy atom. The molecule has 1 amide bonds. The number of amides is 1. The average molecular weight is 370 g/mol. The number of nitro benzene ring substituents is 1. The topological polar surface area (TPSA) is 88.0 Å². The molecule has 0 radical (unpaired) electrons. The molecule has 0 aliphatic carbocycles. The second-order valence-electron chi connectivity index (χ2n) is 6.22. The summed E-state index contributed by atoms with van der Waals surface area (Å²) in [6, 6.07) is 12.1. The molecule has 8 heteroatoms. The summed E-state index contributed by atoms with van der Waals surface area (Å²) in [6.45, 7) is 2.53. The first kappa shape index (κ1) is 18.5. The van der Waals surface area contributed by atoms with Gasteiger partial charge in [0.15, 0.2) is 0 Å². The molecule has 1 fully saturated rings. The fourth-order valence-corrected chi connectivity index (χ4v) is 3.16. The number of rotatable bonds is 5. The molecule has 27 heavy (non-hydrogen) atoms. The molecule has 1 aliphatic rings. The van der Waals surface area contributed by atoms with Crippen LogP contribution in [0, 0.1) is 10.1 Å². The number of nitrogens with zero attached hydrogens (tertiary/aromatic N) is 3. The fraction of sp³-hybridized carbons (Fsp3) is 0.316. The van der Waals surface area contributed by atoms with Crippen molar-refractivity contribution >= 4 is 23.0 Å².